The Morgan fingerprint density at radius 3 is 2.44 bits per heavy atom. The average molecular weight is 124 g/mol. The van der Waals surface area contributed by atoms with E-state index in [2.05, 4.69) is 0 Å². The minimum Gasteiger partial charge on any atom is -0.207 e. The first-order chi connectivity index (χ1) is 6.00. The molecule has 44 valence electrons. The smallest absolute Gasteiger partial charge is 0.123 e. The van der Waals surface area contributed by atoms with Crippen molar-refractivity contribution >= 4 is 0 Å². The van der Waals surface area contributed by atoms with Gasteiger partial charge in [-0.2, -0.15) is 0 Å². The lowest BCUT2D eigenvalue weighted by Crippen LogP contribution is -1.73. The molecule has 0 spiro atoms. The van der Waals surface area contributed by atoms with Gasteiger partial charge in [-0.05, 0) is 24.2 Å². The summed E-state index contributed by atoms with van der Waals surface area (Å²) in [6, 6.07) is -2.48. The number of terminal acetylenes is 1. The SMILES string of the molecule is [2H]c1c([2H])c(C#C)c([2H])c([2H])c1F. The first-order valence-electron chi connectivity index (χ1n) is 4.23. The molecule has 0 nitrogen and oxygen atoms in total. The van der Waals surface area contributed by atoms with E-state index in [1.165, 1.54) is 0 Å². The van der Waals surface area contributed by atoms with E-state index >= 15 is 0 Å². The van der Waals surface area contributed by atoms with Gasteiger partial charge in [0.15, 0.2) is 0 Å². The summed E-state index contributed by atoms with van der Waals surface area (Å²) in [5, 5.41) is 0. The molecule has 0 atom stereocenters. The van der Waals surface area contributed by atoms with Crippen LogP contribution in [-0.2, 0) is 0 Å². The Bertz CT molecular complexity index is 377. The average Bonchev–Trinajstić information content (AvgIpc) is 2.13. The van der Waals surface area contributed by atoms with Crippen LogP contribution in [0.2, 0.25) is 0 Å². The molecule has 0 saturated carbocycles. The Labute approximate surface area is 58.9 Å². The molecule has 1 aromatic rings. The van der Waals surface area contributed by atoms with Crippen LogP contribution >= 0.6 is 0 Å². The van der Waals surface area contributed by atoms with E-state index in [9.17, 15) is 4.39 Å². The van der Waals surface area contributed by atoms with Crippen molar-refractivity contribution in [1.82, 2.24) is 0 Å². The highest BCUT2D eigenvalue weighted by Gasteiger charge is 1.86. The van der Waals surface area contributed by atoms with Gasteiger partial charge in [0.2, 0.25) is 0 Å². The summed E-state index contributed by atoms with van der Waals surface area (Å²) in [5.41, 5.74) is -0.212. The van der Waals surface area contributed by atoms with Gasteiger partial charge in [0.25, 0.3) is 0 Å². The van der Waals surface area contributed by atoms with Gasteiger partial charge in [-0.15, -0.1) is 6.42 Å². The third-order valence-corrected chi connectivity index (χ3v) is 0.739. The molecule has 1 heteroatoms. The Kier molecular flexibility index (Phi) is 0.653. The molecule has 0 aliphatic rings. The third kappa shape index (κ3) is 1.30. The summed E-state index contributed by atoms with van der Waals surface area (Å²) in [6.07, 6.45) is 4.96. The molecular formula is C8H5F. The molecule has 0 radical (unpaired) electrons. The fourth-order valence-corrected chi connectivity index (χ4v) is 0.369. The summed E-state index contributed by atoms with van der Waals surface area (Å²) in [6.45, 7) is 0. The van der Waals surface area contributed by atoms with Gasteiger partial charge in [-0.25, -0.2) is 4.39 Å². The Morgan fingerprint density at radius 1 is 1.44 bits per heavy atom. The van der Waals surface area contributed by atoms with Crippen molar-refractivity contribution in [2.24, 2.45) is 0 Å². The first kappa shape index (κ1) is 2.53. The quantitative estimate of drug-likeness (QED) is 0.463. The van der Waals surface area contributed by atoms with Crippen LogP contribution in [0.5, 0.6) is 0 Å². The van der Waals surface area contributed by atoms with Gasteiger partial charge >= 0.3 is 0 Å². The minimum absolute atomic E-state index is 0.212. The molecule has 1 rings (SSSR count). The summed E-state index contributed by atoms with van der Waals surface area (Å²) in [7, 11) is 0. The largest absolute Gasteiger partial charge is 0.207 e. The summed E-state index contributed by atoms with van der Waals surface area (Å²) in [4.78, 5) is 0. The predicted octanol–water partition coefficient (Wildman–Crippen LogP) is 1.81. The lowest BCUT2D eigenvalue weighted by Gasteiger charge is -1.86. The van der Waals surface area contributed by atoms with Crippen LogP contribution in [0, 0.1) is 18.2 Å². The molecule has 0 aliphatic heterocycles. The maximum atomic E-state index is 12.9. The highest BCUT2D eigenvalue weighted by atomic mass is 19.1. The van der Waals surface area contributed by atoms with Gasteiger partial charge < -0.3 is 0 Å². The predicted molar refractivity (Wildman–Crippen MR) is 34.3 cm³/mol. The summed E-state index contributed by atoms with van der Waals surface area (Å²) in [5.74, 6) is 0.819. The zero-order valence-corrected chi connectivity index (χ0v) is 4.46. The van der Waals surface area contributed by atoms with Crippen molar-refractivity contribution < 1.29 is 9.87 Å². The van der Waals surface area contributed by atoms with Crippen molar-refractivity contribution in [2.75, 3.05) is 0 Å². The lowest BCUT2D eigenvalue weighted by molar-refractivity contribution is 0.627. The van der Waals surface area contributed by atoms with Crippen LogP contribution in [-0.4, -0.2) is 0 Å². The second-order valence-corrected chi connectivity index (χ2v) is 1.33. The van der Waals surface area contributed by atoms with Gasteiger partial charge in [0.1, 0.15) is 5.82 Å². The van der Waals surface area contributed by atoms with Crippen LogP contribution in [0.25, 0.3) is 0 Å². The van der Waals surface area contributed by atoms with Crippen molar-refractivity contribution in [3.63, 3.8) is 0 Å². The number of halogens is 1. The standard InChI is InChI=1S/C8H5F/c1-2-7-3-5-8(9)6-4-7/h1,3-6H/i3D,4D,5D,6D. The van der Waals surface area contributed by atoms with Crippen LogP contribution < -0.4 is 0 Å². The molecule has 0 aromatic heterocycles. The Morgan fingerprint density at radius 2 is 2.00 bits per heavy atom. The summed E-state index contributed by atoms with van der Waals surface area (Å²) < 4.78 is 41.4. The highest BCUT2D eigenvalue weighted by molar-refractivity contribution is 5.31. The van der Waals surface area contributed by atoms with Gasteiger partial charge in [-0.1, -0.05) is 5.92 Å². The number of rotatable bonds is 0. The van der Waals surface area contributed by atoms with Gasteiger partial charge in [0.05, 0.1) is 5.48 Å². The number of hydrogen-bond donors (Lipinski definition) is 0. The maximum Gasteiger partial charge on any atom is 0.123 e. The number of benzene rings is 1. The zero-order chi connectivity index (χ0) is 10.2. The Balaban J connectivity index is 3.69. The molecule has 0 bridgehead atoms. The molecule has 0 amide bonds. The Hall–Kier alpha value is -1.29. The minimum atomic E-state index is -1.17. The molecule has 0 aliphatic carbocycles. The maximum absolute atomic E-state index is 12.9. The van der Waals surface area contributed by atoms with E-state index in [0.29, 0.717) is 0 Å². The van der Waals surface area contributed by atoms with Crippen LogP contribution in [0.1, 0.15) is 11.0 Å². The van der Waals surface area contributed by atoms with Crippen LogP contribution in [0.15, 0.2) is 24.2 Å². The fourth-order valence-electron chi connectivity index (χ4n) is 0.369. The fraction of sp³-hybridized carbons (Fsp3) is 0. The molecule has 0 saturated heterocycles. The second kappa shape index (κ2) is 2.32. The van der Waals surface area contributed by atoms with E-state index in [0.717, 1.165) is 0 Å². The monoisotopic (exact) mass is 124 g/mol. The van der Waals surface area contributed by atoms with E-state index in [4.69, 9.17) is 11.9 Å². The molecule has 0 unspecified atom stereocenters. The zero-order valence-electron chi connectivity index (χ0n) is 8.46. The van der Waals surface area contributed by atoms with Crippen molar-refractivity contribution in [3.8, 4) is 12.3 Å². The molecule has 0 fully saturated rings. The van der Waals surface area contributed by atoms with Crippen molar-refractivity contribution in [2.45, 2.75) is 0 Å². The second-order valence-electron chi connectivity index (χ2n) is 1.33. The van der Waals surface area contributed by atoms with Gasteiger partial charge in [0, 0.05) is 5.56 Å². The topological polar surface area (TPSA) is 0 Å². The van der Waals surface area contributed by atoms with E-state index in [1.807, 2.05) is 5.92 Å². The third-order valence-electron chi connectivity index (χ3n) is 0.739. The highest BCUT2D eigenvalue weighted by Crippen LogP contribution is 1.99. The number of hydrogen-bond acceptors (Lipinski definition) is 0. The van der Waals surface area contributed by atoms with Crippen molar-refractivity contribution in [1.29, 1.82) is 0 Å². The molecule has 1 aromatic carbocycles. The van der Waals surface area contributed by atoms with E-state index in [1.54, 1.807) is 0 Å². The van der Waals surface area contributed by atoms with Crippen molar-refractivity contribution in [3.05, 3.63) is 35.6 Å². The normalized spacial score (nSPS) is 14.7. The van der Waals surface area contributed by atoms with E-state index < -0.39 is 30.0 Å². The van der Waals surface area contributed by atoms with Crippen LogP contribution in [0.4, 0.5) is 4.39 Å². The van der Waals surface area contributed by atoms with E-state index in [-0.39, 0.29) is 5.56 Å². The summed E-state index contributed by atoms with van der Waals surface area (Å²) >= 11 is 0. The molecule has 0 N–H and O–H groups in total. The van der Waals surface area contributed by atoms with Crippen LogP contribution in [0.3, 0.4) is 0 Å². The molecule has 9 heavy (non-hydrogen) atoms. The first-order valence-corrected chi connectivity index (χ1v) is 2.23. The molecule has 0 heterocycles. The lowest BCUT2D eigenvalue weighted by atomic mass is 10.2. The van der Waals surface area contributed by atoms with Gasteiger partial charge in [-0.3, -0.25) is 0 Å². The molecular weight excluding hydrogens is 115 g/mol.